The zero-order chi connectivity index (χ0) is 11.6. The SMILES string of the molecule is CC(O)Cc1cc(Br)c(F)c(C(C)C)c1. The Morgan fingerprint density at radius 2 is 1.93 bits per heavy atom. The molecule has 1 atom stereocenters. The lowest BCUT2D eigenvalue weighted by atomic mass is 9.98. The molecule has 1 aromatic rings. The predicted octanol–water partition coefficient (Wildman–Crippen LogP) is 3.63. The Balaban J connectivity index is 3.11. The molecule has 0 aliphatic rings. The molecule has 15 heavy (non-hydrogen) atoms. The van der Waals surface area contributed by atoms with Crippen LogP contribution < -0.4 is 0 Å². The van der Waals surface area contributed by atoms with E-state index in [2.05, 4.69) is 15.9 Å². The Kier molecular flexibility index (Phi) is 4.29. The van der Waals surface area contributed by atoms with Crippen LogP contribution in [0, 0.1) is 5.82 Å². The molecule has 0 aliphatic heterocycles. The first-order valence-corrected chi connectivity index (χ1v) is 5.87. The first-order valence-electron chi connectivity index (χ1n) is 5.07. The summed E-state index contributed by atoms with van der Waals surface area (Å²) < 4.78 is 14.1. The lowest BCUT2D eigenvalue weighted by Gasteiger charge is -2.12. The molecule has 0 saturated heterocycles. The van der Waals surface area contributed by atoms with Gasteiger partial charge in [0.15, 0.2) is 0 Å². The maximum absolute atomic E-state index is 13.7. The van der Waals surface area contributed by atoms with Crippen LogP contribution in [0.2, 0.25) is 0 Å². The van der Waals surface area contributed by atoms with Gasteiger partial charge < -0.3 is 5.11 Å². The highest BCUT2D eigenvalue weighted by atomic mass is 79.9. The van der Waals surface area contributed by atoms with Crippen LogP contribution in [-0.4, -0.2) is 11.2 Å². The van der Waals surface area contributed by atoms with Crippen LogP contribution in [0.5, 0.6) is 0 Å². The molecular weight excluding hydrogens is 259 g/mol. The first kappa shape index (κ1) is 12.7. The van der Waals surface area contributed by atoms with Gasteiger partial charge in [0, 0.05) is 0 Å². The Bertz CT molecular complexity index is 348. The molecule has 1 unspecified atom stereocenters. The molecule has 0 bridgehead atoms. The summed E-state index contributed by atoms with van der Waals surface area (Å²) in [6, 6.07) is 3.56. The zero-order valence-electron chi connectivity index (χ0n) is 9.22. The average Bonchev–Trinajstić information content (AvgIpc) is 2.09. The molecule has 1 aromatic carbocycles. The monoisotopic (exact) mass is 274 g/mol. The largest absolute Gasteiger partial charge is 0.393 e. The Labute approximate surface area is 98.4 Å². The van der Waals surface area contributed by atoms with Gasteiger partial charge in [-0.25, -0.2) is 4.39 Å². The fraction of sp³-hybridized carbons (Fsp3) is 0.500. The third-order valence-electron chi connectivity index (χ3n) is 2.27. The smallest absolute Gasteiger partial charge is 0.140 e. The topological polar surface area (TPSA) is 20.2 Å². The maximum atomic E-state index is 13.7. The quantitative estimate of drug-likeness (QED) is 0.893. The lowest BCUT2D eigenvalue weighted by molar-refractivity contribution is 0.195. The zero-order valence-corrected chi connectivity index (χ0v) is 10.8. The van der Waals surface area contributed by atoms with Crippen molar-refractivity contribution in [2.75, 3.05) is 0 Å². The molecule has 0 heterocycles. The Morgan fingerprint density at radius 1 is 1.33 bits per heavy atom. The number of halogens is 2. The highest BCUT2D eigenvalue weighted by Crippen LogP contribution is 2.27. The molecule has 84 valence electrons. The standard InChI is InChI=1S/C12H16BrFO/c1-7(2)10-5-9(4-8(3)15)6-11(13)12(10)14/h5-8,15H,4H2,1-3H3. The highest BCUT2D eigenvalue weighted by Gasteiger charge is 2.12. The number of aliphatic hydroxyl groups is 1. The summed E-state index contributed by atoms with van der Waals surface area (Å²) in [5, 5.41) is 9.29. The van der Waals surface area contributed by atoms with Crippen LogP contribution >= 0.6 is 15.9 Å². The van der Waals surface area contributed by atoms with E-state index < -0.39 is 6.10 Å². The average molecular weight is 275 g/mol. The van der Waals surface area contributed by atoms with Crippen LogP contribution in [0.25, 0.3) is 0 Å². The highest BCUT2D eigenvalue weighted by molar-refractivity contribution is 9.10. The molecule has 0 fully saturated rings. The van der Waals surface area contributed by atoms with Gasteiger partial charge in [-0.1, -0.05) is 19.9 Å². The van der Waals surface area contributed by atoms with Gasteiger partial charge in [0.05, 0.1) is 10.6 Å². The van der Waals surface area contributed by atoms with Crippen LogP contribution in [0.15, 0.2) is 16.6 Å². The number of hydrogen-bond acceptors (Lipinski definition) is 1. The Hall–Kier alpha value is -0.410. The minimum absolute atomic E-state index is 0.148. The van der Waals surface area contributed by atoms with Crippen molar-refractivity contribution in [2.24, 2.45) is 0 Å². The van der Waals surface area contributed by atoms with Crippen LogP contribution in [0.4, 0.5) is 4.39 Å². The normalized spacial score (nSPS) is 13.3. The summed E-state index contributed by atoms with van der Waals surface area (Å²) in [6.45, 7) is 5.64. The fourth-order valence-corrected chi connectivity index (χ4v) is 2.07. The molecule has 0 aliphatic carbocycles. The molecule has 1 N–H and O–H groups in total. The van der Waals surface area contributed by atoms with Gasteiger partial charge in [-0.2, -0.15) is 0 Å². The molecule has 1 rings (SSSR count). The van der Waals surface area contributed by atoms with Gasteiger partial charge in [0.2, 0.25) is 0 Å². The van der Waals surface area contributed by atoms with E-state index >= 15 is 0 Å². The minimum atomic E-state index is -0.401. The van der Waals surface area contributed by atoms with Crippen molar-refractivity contribution in [3.05, 3.63) is 33.5 Å². The predicted molar refractivity (Wildman–Crippen MR) is 63.6 cm³/mol. The summed E-state index contributed by atoms with van der Waals surface area (Å²) in [7, 11) is 0. The second-order valence-electron chi connectivity index (χ2n) is 4.19. The molecule has 0 saturated carbocycles. The van der Waals surface area contributed by atoms with Crippen LogP contribution in [0.3, 0.4) is 0 Å². The number of rotatable bonds is 3. The van der Waals surface area contributed by atoms with E-state index in [1.165, 1.54) is 0 Å². The van der Waals surface area contributed by atoms with E-state index in [0.717, 1.165) is 5.56 Å². The first-order chi connectivity index (χ1) is 6.91. The molecule has 1 nitrogen and oxygen atoms in total. The van der Waals surface area contributed by atoms with E-state index in [9.17, 15) is 9.50 Å². The second kappa shape index (κ2) is 5.08. The van der Waals surface area contributed by atoms with Crippen molar-refractivity contribution in [3.63, 3.8) is 0 Å². The van der Waals surface area contributed by atoms with E-state index in [1.807, 2.05) is 19.9 Å². The van der Waals surface area contributed by atoms with Gasteiger partial charge in [-0.15, -0.1) is 0 Å². The second-order valence-corrected chi connectivity index (χ2v) is 5.04. The number of hydrogen-bond donors (Lipinski definition) is 1. The van der Waals surface area contributed by atoms with Gasteiger partial charge in [0.25, 0.3) is 0 Å². The number of benzene rings is 1. The van der Waals surface area contributed by atoms with E-state index in [1.54, 1.807) is 13.0 Å². The molecular formula is C12H16BrFO. The summed E-state index contributed by atoms with van der Waals surface area (Å²) >= 11 is 3.20. The van der Waals surface area contributed by atoms with E-state index in [4.69, 9.17) is 0 Å². The third kappa shape index (κ3) is 3.28. The molecule has 0 radical (unpaired) electrons. The van der Waals surface area contributed by atoms with Crippen molar-refractivity contribution in [1.82, 2.24) is 0 Å². The summed E-state index contributed by atoms with van der Waals surface area (Å²) in [4.78, 5) is 0. The summed E-state index contributed by atoms with van der Waals surface area (Å²) in [5.74, 6) is -0.0467. The van der Waals surface area contributed by atoms with Gasteiger partial charge in [0.1, 0.15) is 5.82 Å². The maximum Gasteiger partial charge on any atom is 0.140 e. The molecule has 0 spiro atoms. The molecule has 3 heteroatoms. The van der Waals surface area contributed by atoms with Crippen molar-refractivity contribution in [2.45, 2.75) is 39.2 Å². The molecule has 0 aromatic heterocycles. The fourth-order valence-electron chi connectivity index (χ4n) is 1.55. The van der Waals surface area contributed by atoms with Gasteiger partial charge >= 0.3 is 0 Å². The van der Waals surface area contributed by atoms with Crippen molar-refractivity contribution >= 4 is 15.9 Å². The number of aliphatic hydroxyl groups excluding tert-OH is 1. The molecule has 0 amide bonds. The van der Waals surface area contributed by atoms with Gasteiger partial charge in [-0.05, 0) is 52.4 Å². The minimum Gasteiger partial charge on any atom is -0.393 e. The van der Waals surface area contributed by atoms with Crippen LogP contribution in [0.1, 0.15) is 37.8 Å². The lowest BCUT2D eigenvalue weighted by Crippen LogP contribution is -2.06. The third-order valence-corrected chi connectivity index (χ3v) is 2.85. The van der Waals surface area contributed by atoms with Crippen molar-refractivity contribution in [3.8, 4) is 0 Å². The summed E-state index contributed by atoms with van der Waals surface area (Å²) in [5.41, 5.74) is 1.65. The van der Waals surface area contributed by atoms with Crippen molar-refractivity contribution in [1.29, 1.82) is 0 Å². The van der Waals surface area contributed by atoms with E-state index in [0.29, 0.717) is 16.5 Å². The summed E-state index contributed by atoms with van der Waals surface area (Å²) in [6.07, 6.45) is 0.154. The van der Waals surface area contributed by atoms with Gasteiger partial charge in [-0.3, -0.25) is 0 Å². The van der Waals surface area contributed by atoms with Crippen LogP contribution in [-0.2, 0) is 6.42 Å². The Morgan fingerprint density at radius 3 is 2.40 bits per heavy atom. The van der Waals surface area contributed by atoms with E-state index in [-0.39, 0.29) is 11.7 Å². The van der Waals surface area contributed by atoms with Crippen molar-refractivity contribution < 1.29 is 9.50 Å².